The molecule has 1 heterocycles. The van der Waals surface area contributed by atoms with Crippen LogP contribution >= 0.6 is 0 Å². The van der Waals surface area contributed by atoms with Crippen LogP contribution in [0.2, 0.25) is 0 Å². The van der Waals surface area contributed by atoms with E-state index in [1.54, 1.807) is 18.2 Å². The highest BCUT2D eigenvalue weighted by molar-refractivity contribution is 5.24. The first-order valence-corrected chi connectivity index (χ1v) is 5.72. The zero-order valence-electron chi connectivity index (χ0n) is 10.2. The van der Waals surface area contributed by atoms with Gasteiger partial charge >= 0.3 is 0 Å². The predicted octanol–water partition coefficient (Wildman–Crippen LogP) is 1.82. The number of rotatable bonds is 4. The Kier molecular flexibility index (Phi) is 3.92. The van der Waals surface area contributed by atoms with Gasteiger partial charge in [-0.25, -0.2) is 4.98 Å². The summed E-state index contributed by atoms with van der Waals surface area (Å²) in [5, 5.41) is 10.2. The van der Waals surface area contributed by atoms with E-state index in [2.05, 4.69) is 4.98 Å². The minimum absolute atomic E-state index is 0.465. The van der Waals surface area contributed by atoms with Crippen molar-refractivity contribution in [3.05, 3.63) is 59.8 Å². The van der Waals surface area contributed by atoms with E-state index in [1.165, 1.54) is 7.11 Å². The van der Waals surface area contributed by atoms with Gasteiger partial charge in [0.2, 0.25) is 5.88 Å². The quantitative estimate of drug-likeness (QED) is 0.860. The maximum absolute atomic E-state index is 10.2. The summed E-state index contributed by atoms with van der Waals surface area (Å²) < 4.78 is 5.03. The van der Waals surface area contributed by atoms with Gasteiger partial charge in [-0.2, -0.15) is 0 Å². The molecule has 0 spiro atoms. The normalized spacial score (nSPS) is 13.9. The molecule has 0 amide bonds. The molecular weight excluding hydrogens is 228 g/mol. The summed E-state index contributed by atoms with van der Waals surface area (Å²) in [7, 11) is 1.54. The van der Waals surface area contributed by atoms with E-state index in [9.17, 15) is 5.11 Å². The highest BCUT2D eigenvalue weighted by atomic mass is 16.5. The van der Waals surface area contributed by atoms with Crippen molar-refractivity contribution in [2.24, 2.45) is 5.73 Å². The molecule has 0 aliphatic heterocycles. The van der Waals surface area contributed by atoms with Crippen LogP contribution in [0.4, 0.5) is 0 Å². The van der Waals surface area contributed by atoms with Crippen molar-refractivity contribution in [2.75, 3.05) is 7.11 Å². The molecule has 1 aromatic carbocycles. The van der Waals surface area contributed by atoms with Crippen molar-refractivity contribution < 1.29 is 9.84 Å². The Labute approximate surface area is 106 Å². The Bertz CT molecular complexity index is 502. The molecular formula is C14H16N2O2. The highest BCUT2D eigenvalue weighted by Crippen LogP contribution is 2.26. The van der Waals surface area contributed by atoms with E-state index in [0.29, 0.717) is 11.6 Å². The van der Waals surface area contributed by atoms with E-state index in [0.717, 1.165) is 5.56 Å². The number of nitrogens with zero attached hydrogens (tertiary/aromatic N) is 1. The van der Waals surface area contributed by atoms with Crippen LogP contribution in [-0.4, -0.2) is 17.2 Å². The number of ether oxygens (including phenoxy) is 1. The molecule has 2 aromatic rings. The molecule has 0 fully saturated rings. The van der Waals surface area contributed by atoms with Gasteiger partial charge in [-0.1, -0.05) is 36.4 Å². The largest absolute Gasteiger partial charge is 0.481 e. The van der Waals surface area contributed by atoms with Crippen LogP contribution in [0.25, 0.3) is 0 Å². The second-order valence-electron chi connectivity index (χ2n) is 3.99. The standard InChI is InChI=1S/C14H16N2O2/c1-18-12-9-5-8-11(16-12)14(17)13(15)10-6-3-2-4-7-10/h2-9,13-14,17H,15H2,1H3. The Morgan fingerprint density at radius 1 is 1.11 bits per heavy atom. The Morgan fingerprint density at radius 3 is 2.50 bits per heavy atom. The average Bonchev–Trinajstić information content (AvgIpc) is 2.46. The molecule has 3 N–H and O–H groups in total. The molecule has 4 nitrogen and oxygen atoms in total. The first kappa shape index (κ1) is 12.5. The lowest BCUT2D eigenvalue weighted by atomic mass is 10.00. The molecule has 0 aliphatic rings. The molecule has 0 saturated heterocycles. The first-order chi connectivity index (χ1) is 8.72. The van der Waals surface area contributed by atoms with Gasteiger partial charge in [-0.05, 0) is 11.6 Å². The molecule has 0 saturated carbocycles. The van der Waals surface area contributed by atoms with Crippen LogP contribution in [-0.2, 0) is 0 Å². The van der Waals surface area contributed by atoms with Crippen LogP contribution in [0.1, 0.15) is 23.4 Å². The molecule has 94 valence electrons. The van der Waals surface area contributed by atoms with E-state index in [1.807, 2.05) is 30.3 Å². The van der Waals surface area contributed by atoms with Crippen LogP contribution in [0.15, 0.2) is 48.5 Å². The second kappa shape index (κ2) is 5.62. The van der Waals surface area contributed by atoms with E-state index >= 15 is 0 Å². The Hall–Kier alpha value is -1.91. The maximum Gasteiger partial charge on any atom is 0.213 e. The summed E-state index contributed by atoms with van der Waals surface area (Å²) in [6.45, 7) is 0. The highest BCUT2D eigenvalue weighted by Gasteiger charge is 2.20. The summed E-state index contributed by atoms with van der Waals surface area (Å²) in [5.41, 5.74) is 7.41. The van der Waals surface area contributed by atoms with Gasteiger partial charge in [0.25, 0.3) is 0 Å². The summed E-state index contributed by atoms with van der Waals surface area (Å²) in [6, 6.07) is 14.2. The van der Waals surface area contributed by atoms with E-state index < -0.39 is 12.1 Å². The number of hydrogen-bond acceptors (Lipinski definition) is 4. The fourth-order valence-electron chi connectivity index (χ4n) is 1.75. The topological polar surface area (TPSA) is 68.4 Å². The number of aliphatic hydroxyl groups is 1. The number of aromatic nitrogens is 1. The fourth-order valence-corrected chi connectivity index (χ4v) is 1.75. The van der Waals surface area contributed by atoms with Gasteiger partial charge in [-0.15, -0.1) is 0 Å². The van der Waals surface area contributed by atoms with Gasteiger partial charge < -0.3 is 15.6 Å². The summed E-state index contributed by atoms with van der Waals surface area (Å²) in [4.78, 5) is 4.19. The summed E-state index contributed by atoms with van der Waals surface area (Å²) >= 11 is 0. The molecule has 0 aliphatic carbocycles. The minimum atomic E-state index is -0.859. The molecule has 2 rings (SSSR count). The molecule has 0 radical (unpaired) electrons. The second-order valence-corrected chi connectivity index (χ2v) is 3.99. The number of hydrogen-bond donors (Lipinski definition) is 2. The van der Waals surface area contributed by atoms with E-state index in [4.69, 9.17) is 10.5 Å². The number of methoxy groups -OCH3 is 1. The van der Waals surface area contributed by atoms with Crippen molar-refractivity contribution in [1.82, 2.24) is 4.98 Å². The third-order valence-corrected chi connectivity index (χ3v) is 2.78. The fraction of sp³-hybridized carbons (Fsp3) is 0.214. The lowest BCUT2D eigenvalue weighted by Crippen LogP contribution is -2.20. The zero-order chi connectivity index (χ0) is 13.0. The van der Waals surface area contributed by atoms with Crippen molar-refractivity contribution in [2.45, 2.75) is 12.1 Å². The summed E-state index contributed by atoms with van der Waals surface area (Å²) in [5.74, 6) is 0.465. The molecule has 2 unspecified atom stereocenters. The third kappa shape index (κ3) is 2.67. The molecule has 1 aromatic heterocycles. The lowest BCUT2D eigenvalue weighted by molar-refractivity contribution is 0.141. The van der Waals surface area contributed by atoms with Crippen molar-refractivity contribution >= 4 is 0 Å². The average molecular weight is 244 g/mol. The number of pyridine rings is 1. The third-order valence-electron chi connectivity index (χ3n) is 2.78. The molecule has 4 heteroatoms. The Morgan fingerprint density at radius 2 is 1.83 bits per heavy atom. The predicted molar refractivity (Wildman–Crippen MR) is 69.1 cm³/mol. The first-order valence-electron chi connectivity index (χ1n) is 5.72. The molecule has 0 bridgehead atoms. The Balaban J connectivity index is 2.22. The van der Waals surface area contributed by atoms with Crippen LogP contribution < -0.4 is 10.5 Å². The van der Waals surface area contributed by atoms with E-state index in [-0.39, 0.29) is 0 Å². The van der Waals surface area contributed by atoms with Crippen LogP contribution in [0.3, 0.4) is 0 Å². The molecule has 2 atom stereocenters. The van der Waals surface area contributed by atoms with Gasteiger partial charge in [-0.3, -0.25) is 0 Å². The van der Waals surface area contributed by atoms with Gasteiger partial charge in [0, 0.05) is 6.07 Å². The zero-order valence-corrected chi connectivity index (χ0v) is 10.2. The van der Waals surface area contributed by atoms with Crippen LogP contribution in [0.5, 0.6) is 5.88 Å². The minimum Gasteiger partial charge on any atom is -0.481 e. The smallest absolute Gasteiger partial charge is 0.213 e. The van der Waals surface area contributed by atoms with Gasteiger partial charge in [0.1, 0.15) is 6.10 Å². The summed E-state index contributed by atoms with van der Waals surface area (Å²) in [6.07, 6.45) is -0.859. The monoisotopic (exact) mass is 244 g/mol. The number of nitrogens with two attached hydrogens (primary N) is 1. The van der Waals surface area contributed by atoms with Crippen molar-refractivity contribution in [3.8, 4) is 5.88 Å². The van der Waals surface area contributed by atoms with Crippen molar-refractivity contribution in [3.63, 3.8) is 0 Å². The maximum atomic E-state index is 10.2. The van der Waals surface area contributed by atoms with Gasteiger partial charge in [0.15, 0.2) is 0 Å². The number of aliphatic hydroxyl groups excluding tert-OH is 1. The van der Waals surface area contributed by atoms with Gasteiger partial charge in [0.05, 0.1) is 18.8 Å². The lowest BCUT2D eigenvalue weighted by Gasteiger charge is -2.19. The van der Waals surface area contributed by atoms with Crippen molar-refractivity contribution in [1.29, 1.82) is 0 Å². The number of benzene rings is 1. The SMILES string of the molecule is COc1cccc(C(O)C(N)c2ccccc2)n1. The van der Waals surface area contributed by atoms with Crippen LogP contribution in [0, 0.1) is 0 Å². The molecule has 18 heavy (non-hydrogen) atoms.